The highest BCUT2D eigenvalue weighted by Crippen LogP contribution is 2.22. The molecule has 27 heavy (non-hydrogen) atoms. The van der Waals surface area contributed by atoms with Crippen molar-refractivity contribution in [1.82, 2.24) is 14.3 Å². The lowest BCUT2D eigenvalue weighted by Gasteiger charge is -2.09. The molecule has 0 saturated heterocycles. The van der Waals surface area contributed by atoms with Crippen LogP contribution in [0.2, 0.25) is 0 Å². The van der Waals surface area contributed by atoms with E-state index < -0.39 is 16.0 Å². The number of ether oxygens (including phenoxy) is 1. The molecule has 0 unspecified atom stereocenters. The summed E-state index contributed by atoms with van der Waals surface area (Å²) in [5, 5.41) is 1.55. The maximum absolute atomic E-state index is 12.5. The maximum Gasteiger partial charge on any atom is 0.349 e. The second kappa shape index (κ2) is 8.47. The number of nitrogens with zero attached hydrogens (tertiary/aromatic N) is 2. The Hall–Kier alpha value is -2.49. The van der Waals surface area contributed by atoms with E-state index >= 15 is 0 Å². The van der Waals surface area contributed by atoms with Crippen LogP contribution in [0.25, 0.3) is 11.4 Å². The molecule has 0 bridgehead atoms. The van der Waals surface area contributed by atoms with Gasteiger partial charge in [-0.1, -0.05) is 30.3 Å². The van der Waals surface area contributed by atoms with E-state index in [0.717, 1.165) is 22.7 Å². The van der Waals surface area contributed by atoms with Gasteiger partial charge in [-0.25, -0.2) is 22.9 Å². The summed E-state index contributed by atoms with van der Waals surface area (Å²) in [6.07, 6.45) is 4.17. The Morgan fingerprint density at radius 1 is 1.26 bits per heavy atom. The van der Waals surface area contributed by atoms with Gasteiger partial charge in [0.05, 0.1) is 7.11 Å². The molecule has 142 valence electrons. The van der Waals surface area contributed by atoms with Crippen LogP contribution in [0.4, 0.5) is 0 Å². The van der Waals surface area contributed by atoms with Gasteiger partial charge >= 0.3 is 5.97 Å². The number of aromatic nitrogens is 2. The molecule has 0 amide bonds. The van der Waals surface area contributed by atoms with E-state index in [0.29, 0.717) is 13.0 Å². The third kappa shape index (κ3) is 4.44. The fourth-order valence-corrected chi connectivity index (χ4v) is 5.03. The Bertz CT molecular complexity index is 1010. The van der Waals surface area contributed by atoms with Crippen molar-refractivity contribution in [3.8, 4) is 11.4 Å². The van der Waals surface area contributed by atoms with Crippen molar-refractivity contribution in [2.45, 2.75) is 17.9 Å². The fourth-order valence-electron chi connectivity index (χ4n) is 2.62. The zero-order chi connectivity index (χ0) is 19.3. The second-order valence-corrected chi connectivity index (χ2v) is 8.32. The molecular weight excluding hydrogens is 386 g/mol. The van der Waals surface area contributed by atoms with E-state index in [1.54, 1.807) is 11.6 Å². The van der Waals surface area contributed by atoms with Gasteiger partial charge in [-0.3, -0.25) is 0 Å². The van der Waals surface area contributed by atoms with Gasteiger partial charge in [-0.15, -0.1) is 11.3 Å². The molecule has 0 spiro atoms. The molecule has 0 atom stereocenters. The number of thiophene rings is 1. The van der Waals surface area contributed by atoms with E-state index in [4.69, 9.17) is 0 Å². The molecule has 1 aromatic carbocycles. The summed E-state index contributed by atoms with van der Waals surface area (Å²) in [4.78, 5) is 16.1. The molecule has 3 rings (SSSR count). The molecule has 1 N–H and O–H groups in total. The molecule has 9 heteroatoms. The van der Waals surface area contributed by atoms with Gasteiger partial charge in [-0.2, -0.15) is 0 Å². The molecule has 3 aromatic rings. The topological polar surface area (TPSA) is 90.3 Å². The van der Waals surface area contributed by atoms with Crippen LogP contribution < -0.4 is 4.72 Å². The number of esters is 1. The SMILES string of the molecule is COC(=O)c1sccc1S(=O)(=O)NCCCn1ccnc1-c1ccccc1. The zero-order valence-corrected chi connectivity index (χ0v) is 16.3. The number of carbonyl (C=O) groups is 1. The van der Waals surface area contributed by atoms with Crippen molar-refractivity contribution in [3.63, 3.8) is 0 Å². The van der Waals surface area contributed by atoms with Crippen molar-refractivity contribution in [2.75, 3.05) is 13.7 Å². The van der Waals surface area contributed by atoms with Crippen LogP contribution in [0.5, 0.6) is 0 Å². The van der Waals surface area contributed by atoms with Gasteiger partial charge in [0.1, 0.15) is 15.6 Å². The molecule has 0 fully saturated rings. The van der Waals surface area contributed by atoms with Crippen LogP contribution in [-0.4, -0.2) is 37.6 Å². The number of methoxy groups -OCH3 is 1. The third-order valence-corrected chi connectivity index (χ3v) is 6.43. The van der Waals surface area contributed by atoms with Crippen molar-refractivity contribution in [2.24, 2.45) is 0 Å². The number of hydrogen-bond donors (Lipinski definition) is 1. The Morgan fingerprint density at radius 3 is 2.78 bits per heavy atom. The molecule has 0 aliphatic carbocycles. The smallest absolute Gasteiger partial charge is 0.349 e. The monoisotopic (exact) mass is 405 g/mol. The molecule has 0 saturated carbocycles. The number of rotatable bonds is 8. The lowest BCUT2D eigenvalue weighted by atomic mass is 10.2. The number of sulfonamides is 1. The summed E-state index contributed by atoms with van der Waals surface area (Å²) in [5.41, 5.74) is 1.00. The van der Waals surface area contributed by atoms with E-state index in [-0.39, 0.29) is 16.3 Å². The van der Waals surface area contributed by atoms with Gasteiger partial charge in [0, 0.05) is 31.0 Å². The Balaban J connectivity index is 1.61. The number of nitrogens with one attached hydrogen (secondary N) is 1. The number of benzene rings is 1. The summed E-state index contributed by atoms with van der Waals surface area (Å²) in [5.74, 6) is 0.181. The maximum atomic E-state index is 12.5. The summed E-state index contributed by atoms with van der Waals surface area (Å²) in [7, 11) is -2.55. The van der Waals surface area contributed by atoms with E-state index in [1.165, 1.54) is 13.2 Å². The van der Waals surface area contributed by atoms with Crippen molar-refractivity contribution >= 4 is 27.3 Å². The first-order chi connectivity index (χ1) is 13.0. The normalized spacial score (nSPS) is 11.4. The van der Waals surface area contributed by atoms with Crippen LogP contribution in [-0.2, 0) is 21.3 Å². The molecule has 0 aliphatic rings. The van der Waals surface area contributed by atoms with E-state index in [9.17, 15) is 13.2 Å². The number of aryl methyl sites for hydroxylation is 1. The largest absolute Gasteiger partial charge is 0.465 e. The van der Waals surface area contributed by atoms with Gasteiger partial charge in [-0.05, 0) is 17.9 Å². The lowest BCUT2D eigenvalue weighted by molar-refractivity contribution is 0.0602. The third-order valence-electron chi connectivity index (χ3n) is 3.90. The van der Waals surface area contributed by atoms with E-state index in [1.807, 2.05) is 41.1 Å². The quantitative estimate of drug-likeness (QED) is 0.460. The first-order valence-corrected chi connectivity index (χ1v) is 10.6. The first-order valence-electron chi connectivity index (χ1n) is 8.25. The number of imidazole rings is 1. The van der Waals surface area contributed by atoms with Crippen molar-refractivity contribution < 1.29 is 17.9 Å². The predicted molar refractivity (Wildman–Crippen MR) is 103 cm³/mol. The summed E-state index contributed by atoms with van der Waals surface area (Å²) in [6, 6.07) is 11.2. The Kier molecular flexibility index (Phi) is 6.04. The van der Waals surface area contributed by atoms with Crippen molar-refractivity contribution in [3.05, 3.63) is 59.0 Å². The minimum absolute atomic E-state index is 0.0491. The highest BCUT2D eigenvalue weighted by atomic mass is 32.2. The minimum atomic E-state index is -3.77. The predicted octanol–water partition coefficient (Wildman–Crippen LogP) is 2.77. The average molecular weight is 406 g/mol. The van der Waals surface area contributed by atoms with Crippen LogP contribution in [0.3, 0.4) is 0 Å². The second-order valence-electron chi connectivity index (χ2n) is 5.67. The highest BCUT2D eigenvalue weighted by Gasteiger charge is 2.24. The molecule has 0 radical (unpaired) electrons. The first kappa shape index (κ1) is 19.3. The Labute approximate surface area is 161 Å². The standard InChI is InChI=1S/C18H19N3O4S2/c1-25-18(22)16-15(8-13-26-16)27(23,24)20-9-5-11-21-12-10-19-17(21)14-6-3-2-4-7-14/h2-4,6-8,10,12-13,20H,5,9,11H2,1H3. The summed E-state index contributed by atoms with van der Waals surface area (Å²) < 4.78 is 34.1. The van der Waals surface area contributed by atoms with Gasteiger partial charge < -0.3 is 9.30 Å². The molecule has 0 aliphatic heterocycles. The van der Waals surface area contributed by atoms with Crippen LogP contribution in [0.15, 0.2) is 59.1 Å². The highest BCUT2D eigenvalue weighted by molar-refractivity contribution is 7.89. The molecule has 2 aromatic heterocycles. The lowest BCUT2D eigenvalue weighted by Crippen LogP contribution is -2.26. The van der Waals surface area contributed by atoms with Crippen LogP contribution in [0, 0.1) is 0 Å². The molecule has 2 heterocycles. The minimum Gasteiger partial charge on any atom is -0.465 e. The van der Waals surface area contributed by atoms with E-state index in [2.05, 4.69) is 14.4 Å². The molecule has 7 nitrogen and oxygen atoms in total. The van der Waals surface area contributed by atoms with Crippen molar-refractivity contribution in [1.29, 1.82) is 0 Å². The zero-order valence-electron chi connectivity index (χ0n) is 14.7. The summed E-state index contributed by atoms with van der Waals surface area (Å²) in [6.45, 7) is 0.853. The Morgan fingerprint density at radius 2 is 2.04 bits per heavy atom. The summed E-state index contributed by atoms with van der Waals surface area (Å²) >= 11 is 1.04. The van der Waals surface area contributed by atoms with Gasteiger partial charge in [0.15, 0.2) is 0 Å². The van der Waals surface area contributed by atoms with Gasteiger partial charge in [0.2, 0.25) is 10.0 Å². The van der Waals surface area contributed by atoms with Crippen LogP contribution in [0.1, 0.15) is 16.1 Å². The number of carbonyl (C=O) groups excluding carboxylic acids is 1. The average Bonchev–Trinajstić information content (AvgIpc) is 3.35. The number of hydrogen-bond acceptors (Lipinski definition) is 6. The molecular formula is C18H19N3O4S2. The fraction of sp³-hybridized carbons (Fsp3) is 0.222. The van der Waals surface area contributed by atoms with Gasteiger partial charge in [0.25, 0.3) is 0 Å². The van der Waals surface area contributed by atoms with Crippen LogP contribution >= 0.6 is 11.3 Å².